The van der Waals surface area contributed by atoms with Gasteiger partial charge in [0.15, 0.2) is 0 Å². The highest BCUT2D eigenvalue weighted by atomic mass is 19.1. The smallest absolute Gasteiger partial charge is 0.335 e. The minimum atomic E-state index is -1.09. The van der Waals surface area contributed by atoms with Gasteiger partial charge in [-0.3, -0.25) is 4.68 Å². The molecule has 1 aromatic carbocycles. The molecule has 0 radical (unpaired) electrons. The first kappa shape index (κ1) is 10.4. The fourth-order valence-corrected chi connectivity index (χ4v) is 1.41. The maximum Gasteiger partial charge on any atom is 0.335 e. The number of carboxylic acids is 1. The van der Waals surface area contributed by atoms with Crippen LogP contribution in [-0.2, 0) is 7.05 Å². The molecule has 0 unspecified atom stereocenters. The molecule has 16 heavy (non-hydrogen) atoms. The van der Waals surface area contributed by atoms with E-state index in [-0.39, 0.29) is 11.1 Å². The topological polar surface area (TPSA) is 55.1 Å². The fraction of sp³-hybridized carbons (Fsp3) is 0.0909. The van der Waals surface area contributed by atoms with E-state index in [1.54, 1.807) is 19.3 Å². The van der Waals surface area contributed by atoms with E-state index >= 15 is 0 Å². The second-order valence-corrected chi connectivity index (χ2v) is 3.37. The number of halogens is 1. The van der Waals surface area contributed by atoms with E-state index in [1.807, 2.05) is 0 Å². The molecule has 82 valence electrons. The summed E-state index contributed by atoms with van der Waals surface area (Å²) in [5, 5.41) is 12.8. The van der Waals surface area contributed by atoms with Crippen molar-refractivity contribution in [3.05, 3.63) is 41.8 Å². The molecule has 0 aliphatic heterocycles. The summed E-state index contributed by atoms with van der Waals surface area (Å²) in [5.74, 6) is -1.57. The third-order valence-corrected chi connectivity index (χ3v) is 2.20. The lowest BCUT2D eigenvalue weighted by molar-refractivity contribution is 0.0697. The van der Waals surface area contributed by atoms with Crippen LogP contribution in [0.5, 0.6) is 0 Å². The molecule has 0 bridgehead atoms. The van der Waals surface area contributed by atoms with Crippen molar-refractivity contribution in [2.75, 3.05) is 0 Å². The van der Waals surface area contributed by atoms with Crippen molar-refractivity contribution in [3.63, 3.8) is 0 Å². The standard InChI is InChI=1S/C11H9FN2O2/c1-14-5-4-10(13-14)8-6-7(11(15)16)2-3-9(8)12/h2-6H,1H3,(H,15,16). The molecule has 0 spiro atoms. The van der Waals surface area contributed by atoms with Crippen LogP contribution in [0.1, 0.15) is 10.4 Å². The molecule has 2 rings (SSSR count). The maximum absolute atomic E-state index is 13.5. The average molecular weight is 220 g/mol. The van der Waals surface area contributed by atoms with Gasteiger partial charge in [0.2, 0.25) is 0 Å². The first-order valence-corrected chi connectivity index (χ1v) is 4.61. The lowest BCUT2D eigenvalue weighted by Crippen LogP contribution is -1.98. The van der Waals surface area contributed by atoms with Gasteiger partial charge in [0, 0.05) is 18.8 Å². The largest absolute Gasteiger partial charge is 0.478 e. The Bertz CT molecular complexity index is 549. The molecule has 1 N–H and O–H groups in total. The predicted molar refractivity (Wildman–Crippen MR) is 55.6 cm³/mol. The van der Waals surface area contributed by atoms with Crippen LogP contribution in [0.15, 0.2) is 30.5 Å². The van der Waals surface area contributed by atoms with E-state index < -0.39 is 11.8 Å². The molecule has 0 aliphatic rings. The maximum atomic E-state index is 13.5. The number of nitrogens with zero attached hydrogens (tertiary/aromatic N) is 2. The van der Waals surface area contributed by atoms with Crippen molar-refractivity contribution in [1.82, 2.24) is 9.78 Å². The van der Waals surface area contributed by atoms with Gasteiger partial charge in [0.25, 0.3) is 0 Å². The SMILES string of the molecule is Cn1ccc(-c2cc(C(=O)O)ccc2F)n1. The number of rotatable bonds is 2. The highest BCUT2D eigenvalue weighted by Crippen LogP contribution is 2.22. The van der Waals surface area contributed by atoms with E-state index in [0.29, 0.717) is 5.69 Å². The van der Waals surface area contributed by atoms with Gasteiger partial charge in [-0.25, -0.2) is 9.18 Å². The van der Waals surface area contributed by atoms with E-state index in [2.05, 4.69) is 5.10 Å². The van der Waals surface area contributed by atoms with Crippen LogP contribution in [0, 0.1) is 5.82 Å². The minimum Gasteiger partial charge on any atom is -0.478 e. The van der Waals surface area contributed by atoms with E-state index in [1.165, 1.54) is 16.8 Å². The third-order valence-electron chi connectivity index (χ3n) is 2.20. The minimum absolute atomic E-state index is 0.0436. The highest BCUT2D eigenvalue weighted by molar-refractivity contribution is 5.89. The number of aryl methyl sites for hydroxylation is 1. The molecular weight excluding hydrogens is 211 g/mol. The van der Waals surface area contributed by atoms with Gasteiger partial charge >= 0.3 is 5.97 Å². The molecule has 0 saturated carbocycles. The summed E-state index contributed by atoms with van der Waals surface area (Å²) < 4.78 is 15.0. The van der Waals surface area contributed by atoms with Crippen LogP contribution < -0.4 is 0 Å². The van der Waals surface area contributed by atoms with Gasteiger partial charge in [-0.1, -0.05) is 0 Å². The molecule has 1 aromatic heterocycles. The van der Waals surface area contributed by atoms with Crippen molar-refractivity contribution in [1.29, 1.82) is 0 Å². The molecule has 5 heteroatoms. The van der Waals surface area contributed by atoms with Crippen molar-refractivity contribution in [2.24, 2.45) is 7.05 Å². The zero-order valence-electron chi connectivity index (χ0n) is 8.51. The molecule has 2 aromatic rings. The quantitative estimate of drug-likeness (QED) is 0.841. The predicted octanol–water partition coefficient (Wildman–Crippen LogP) is 1.92. The van der Waals surface area contributed by atoms with Gasteiger partial charge in [0.1, 0.15) is 5.82 Å². The molecule has 1 heterocycles. The number of carboxylic acid groups (broad SMARTS) is 1. The molecule has 0 fully saturated rings. The van der Waals surface area contributed by atoms with Gasteiger partial charge in [-0.15, -0.1) is 0 Å². The Labute approximate surface area is 90.9 Å². The summed E-state index contributed by atoms with van der Waals surface area (Å²) in [5.41, 5.74) is 0.658. The second kappa shape index (κ2) is 3.77. The van der Waals surface area contributed by atoms with Crippen molar-refractivity contribution >= 4 is 5.97 Å². The van der Waals surface area contributed by atoms with Crippen molar-refractivity contribution in [3.8, 4) is 11.3 Å². The van der Waals surface area contributed by atoms with E-state index in [9.17, 15) is 9.18 Å². The zero-order chi connectivity index (χ0) is 11.7. The molecule has 4 nitrogen and oxygen atoms in total. The summed E-state index contributed by atoms with van der Waals surface area (Å²) in [6.07, 6.45) is 1.67. The Kier molecular flexibility index (Phi) is 2.44. The van der Waals surface area contributed by atoms with E-state index in [0.717, 1.165) is 6.07 Å². The number of aromatic carboxylic acids is 1. The lowest BCUT2D eigenvalue weighted by atomic mass is 10.1. The van der Waals surface area contributed by atoms with Crippen LogP contribution in [0.2, 0.25) is 0 Å². The summed E-state index contributed by atoms with van der Waals surface area (Å²) in [6, 6.07) is 5.27. The Hall–Kier alpha value is -2.17. The van der Waals surface area contributed by atoms with Crippen LogP contribution in [0.25, 0.3) is 11.3 Å². The van der Waals surface area contributed by atoms with Gasteiger partial charge in [0.05, 0.1) is 11.3 Å². The van der Waals surface area contributed by atoms with Crippen LogP contribution >= 0.6 is 0 Å². The number of carbonyl (C=O) groups is 1. The molecule has 0 aliphatic carbocycles. The summed E-state index contributed by atoms with van der Waals surface area (Å²) in [4.78, 5) is 10.8. The molecule has 0 saturated heterocycles. The first-order chi connectivity index (χ1) is 7.58. The summed E-state index contributed by atoms with van der Waals surface area (Å²) in [7, 11) is 1.71. The Balaban J connectivity index is 2.55. The first-order valence-electron chi connectivity index (χ1n) is 4.61. The number of aromatic nitrogens is 2. The fourth-order valence-electron chi connectivity index (χ4n) is 1.41. The number of benzene rings is 1. The van der Waals surface area contributed by atoms with Crippen LogP contribution in [0.4, 0.5) is 4.39 Å². The number of hydrogen-bond donors (Lipinski definition) is 1. The molecular formula is C11H9FN2O2. The zero-order valence-corrected chi connectivity index (χ0v) is 8.51. The molecule has 0 amide bonds. The van der Waals surface area contributed by atoms with Crippen LogP contribution in [-0.4, -0.2) is 20.9 Å². The lowest BCUT2D eigenvalue weighted by Gasteiger charge is -2.01. The van der Waals surface area contributed by atoms with Gasteiger partial charge in [-0.2, -0.15) is 5.10 Å². The van der Waals surface area contributed by atoms with E-state index in [4.69, 9.17) is 5.11 Å². The Morgan fingerprint density at radius 2 is 2.19 bits per heavy atom. The molecule has 0 atom stereocenters. The van der Waals surface area contributed by atoms with Crippen molar-refractivity contribution < 1.29 is 14.3 Å². The van der Waals surface area contributed by atoms with Crippen LogP contribution in [0.3, 0.4) is 0 Å². The monoisotopic (exact) mass is 220 g/mol. The third kappa shape index (κ3) is 1.79. The number of hydrogen-bond acceptors (Lipinski definition) is 2. The summed E-state index contributed by atoms with van der Waals surface area (Å²) >= 11 is 0. The highest BCUT2D eigenvalue weighted by Gasteiger charge is 2.11. The van der Waals surface area contributed by atoms with Crippen molar-refractivity contribution in [2.45, 2.75) is 0 Å². The van der Waals surface area contributed by atoms with Gasteiger partial charge < -0.3 is 5.11 Å². The Morgan fingerprint density at radius 3 is 2.75 bits per heavy atom. The van der Waals surface area contributed by atoms with Gasteiger partial charge in [-0.05, 0) is 24.3 Å². The normalized spacial score (nSPS) is 10.4. The Morgan fingerprint density at radius 1 is 1.44 bits per heavy atom. The average Bonchev–Trinajstić information content (AvgIpc) is 2.65. The summed E-state index contributed by atoms with van der Waals surface area (Å²) in [6.45, 7) is 0. The second-order valence-electron chi connectivity index (χ2n) is 3.37.